The van der Waals surface area contributed by atoms with Crippen LogP contribution in [0, 0.1) is 0 Å². The molecule has 0 bridgehead atoms. The molecule has 0 unspecified atom stereocenters. The Morgan fingerprint density at radius 1 is 0.846 bits per heavy atom. The zero-order chi connectivity index (χ0) is 28.1. The molecule has 2 rings (SSSR count). The fraction of sp³-hybridized carbons (Fsp3) is 0.812. The summed E-state index contributed by atoms with van der Waals surface area (Å²) in [5.41, 5.74) is 1.90. The fourth-order valence-electron chi connectivity index (χ4n) is 5.12. The highest BCUT2D eigenvalue weighted by Crippen LogP contribution is 2.33. The zero-order valence-corrected chi connectivity index (χ0v) is 26.1. The Bertz CT molecular complexity index is 808. The molecule has 1 aliphatic rings. The van der Waals surface area contributed by atoms with Crippen molar-refractivity contribution in [2.24, 2.45) is 0 Å². The van der Waals surface area contributed by atoms with Crippen molar-refractivity contribution in [1.29, 1.82) is 0 Å². The molecule has 0 aromatic carbocycles. The first-order chi connectivity index (χ1) is 19.0. The average Bonchev–Trinajstić information content (AvgIpc) is 3.30. The number of hydrogen-bond acceptors (Lipinski definition) is 7. The van der Waals surface area contributed by atoms with Gasteiger partial charge >= 0.3 is 5.97 Å². The van der Waals surface area contributed by atoms with Gasteiger partial charge in [-0.1, -0.05) is 64.7 Å². The number of carbonyl (C=O) groups excluding carboxylic acids is 2. The Morgan fingerprint density at radius 2 is 1.51 bits per heavy atom. The van der Waals surface area contributed by atoms with Crippen molar-refractivity contribution in [3.05, 3.63) is 20.9 Å². The van der Waals surface area contributed by atoms with Gasteiger partial charge in [0.25, 0.3) is 0 Å². The molecule has 1 aromatic rings. The summed E-state index contributed by atoms with van der Waals surface area (Å²) < 4.78 is 11.4. The molecule has 0 spiro atoms. The molecule has 39 heavy (non-hydrogen) atoms. The number of rotatable bonds is 24. The molecular weight excluding hydrogens is 508 g/mol. The maximum Gasteiger partial charge on any atom is 0.339 e. The van der Waals surface area contributed by atoms with Crippen LogP contribution >= 0.6 is 11.3 Å². The standard InChI is InChI=1S/C32H56N2O4S/c1-4-5-6-7-8-11-14-23-37-24-15-12-9-10-13-17-27(35)18-19-29-31(28-20-21-33-26-30(28)39-29)32(36)38-25-16-22-34(2)3/h33H,4-26H2,1-3H3. The summed E-state index contributed by atoms with van der Waals surface area (Å²) in [6.45, 7) is 7.05. The first-order valence-electron chi connectivity index (χ1n) is 15.8. The van der Waals surface area contributed by atoms with E-state index < -0.39 is 0 Å². The lowest BCUT2D eigenvalue weighted by atomic mass is 10.00. The topological polar surface area (TPSA) is 67.9 Å². The van der Waals surface area contributed by atoms with E-state index in [4.69, 9.17) is 9.47 Å². The van der Waals surface area contributed by atoms with Crippen LogP contribution in [0.2, 0.25) is 0 Å². The lowest BCUT2D eigenvalue weighted by Crippen LogP contribution is -2.24. The number of unbranched alkanes of at least 4 members (excludes halogenated alkanes) is 10. The molecule has 6 nitrogen and oxygen atoms in total. The van der Waals surface area contributed by atoms with Crippen molar-refractivity contribution < 1.29 is 19.1 Å². The minimum Gasteiger partial charge on any atom is -0.462 e. The molecule has 0 aliphatic carbocycles. The van der Waals surface area contributed by atoms with Crippen LogP contribution < -0.4 is 5.32 Å². The van der Waals surface area contributed by atoms with Crippen LogP contribution in [0.3, 0.4) is 0 Å². The Hall–Kier alpha value is -1.28. The fourth-order valence-corrected chi connectivity index (χ4v) is 6.43. The third kappa shape index (κ3) is 14.8. The van der Waals surface area contributed by atoms with Crippen LogP contribution in [-0.4, -0.2) is 63.7 Å². The van der Waals surface area contributed by atoms with E-state index in [1.54, 1.807) is 11.3 Å². The molecule has 0 radical (unpaired) electrons. The molecule has 2 heterocycles. The van der Waals surface area contributed by atoms with E-state index in [0.717, 1.165) is 81.0 Å². The maximum absolute atomic E-state index is 13.0. The molecule has 7 heteroatoms. The first-order valence-corrected chi connectivity index (χ1v) is 16.6. The van der Waals surface area contributed by atoms with Gasteiger partial charge in [-0.05, 0) is 64.7 Å². The van der Waals surface area contributed by atoms with Crippen molar-refractivity contribution in [1.82, 2.24) is 10.2 Å². The summed E-state index contributed by atoms with van der Waals surface area (Å²) in [6, 6.07) is 0. The highest BCUT2D eigenvalue weighted by molar-refractivity contribution is 7.12. The van der Waals surface area contributed by atoms with Crippen LogP contribution in [0.5, 0.6) is 0 Å². The quantitative estimate of drug-likeness (QED) is 0.107. The first kappa shape index (κ1) is 33.9. The monoisotopic (exact) mass is 564 g/mol. The number of aryl methyl sites for hydroxylation is 1. The number of nitrogens with one attached hydrogen (secondary N) is 1. The lowest BCUT2D eigenvalue weighted by Gasteiger charge is -2.14. The van der Waals surface area contributed by atoms with Crippen LogP contribution in [0.1, 0.15) is 129 Å². The van der Waals surface area contributed by atoms with Crippen LogP contribution in [-0.2, 0) is 33.7 Å². The number of Topliss-reactive ketones (excluding diaryl/α,β-unsaturated/α-hetero) is 1. The van der Waals surface area contributed by atoms with Gasteiger partial charge in [0, 0.05) is 48.9 Å². The molecular formula is C32H56N2O4S. The van der Waals surface area contributed by atoms with Crippen LogP contribution in [0.4, 0.5) is 0 Å². The second-order valence-electron chi connectivity index (χ2n) is 11.3. The van der Waals surface area contributed by atoms with Crippen molar-refractivity contribution >= 4 is 23.1 Å². The lowest BCUT2D eigenvalue weighted by molar-refractivity contribution is -0.119. The average molecular weight is 565 g/mol. The van der Waals surface area contributed by atoms with E-state index in [1.807, 2.05) is 14.1 Å². The van der Waals surface area contributed by atoms with Gasteiger partial charge in [0.15, 0.2) is 0 Å². The summed E-state index contributed by atoms with van der Waals surface area (Å²) in [7, 11) is 4.04. The molecule has 0 saturated heterocycles. The third-order valence-electron chi connectivity index (χ3n) is 7.46. The number of nitrogens with zero attached hydrogens (tertiary/aromatic N) is 1. The van der Waals surface area contributed by atoms with E-state index in [1.165, 1.54) is 62.7 Å². The van der Waals surface area contributed by atoms with Gasteiger partial charge in [0.1, 0.15) is 5.78 Å². The van der Waals surface area contributed by atoms with Crippen LogP contribution in [0.25, 0.3) is 0 Å². The van der Waals surface area contributed by atoms with E-state index in [2.05, 4.69) is 17.1 Å². The minimum atomic E-state index is -0.206. The molecule has 224 valence electrons. The third-order valence-corrected chi connectivity index (χ3v) is 8.75. The number of ketones is 1. The van der Waals surface area contributed by atoms with Crippen molar-refractivity contribution in [3.8, 4) is 0 Å². The molecule has 0 amide bonds. The van der Waals surface area contributed by atoms with Gasteiger partial charge in [-0.25, -0.2) is 4.79 Å². The van der Waals surface area contributed by atoms with E-state index in [-0.39, 0.29) is 5.97 Å². The van der Waals surface area contributed by atoms with Crippen molar-refractivity contribution in [2.45, 2.75) is 123 Å². The summed E-state index contributed by atoms with van der Waals surface area (Å²) in [5.74, 6) is 0.102. The summed E-state index contributed by atoms with van der Waals surface area (Å²) in [4.78, 5) is 29.9. The molecule has 1 aromatic heterocycles. The number of thiophene rings is 1. The number of hydrogen-bond donors (Lipinski definition) is 1. The molecule has 0 fully saturated rings. The SMILES string of the molecule is CCCCCCCCCOCCCCCCCC(=O)CCc1sc2c(c1C(=O)OCCCN(C)C)CCNC2. The van der Waals surface area contributed by atoms with Crippen molar-refractivity contribution in [3.63, 3.8) is 0 Å². The van der Waals surface area contributed by atoms with Gasteiger partial charge < -0.3 is 19.7 Å². The number of ether oxygens (including phenoxy) is 2. The molecule has 0 saturated carbocycles. The van der Waals surface area contributed by atoms with E-state index >= 15 is 0 Å². The molecule has 1 aliphatic heterocycles. The number of esters is 1. The molecule has 0 atom stereocenters. The minimum absolute atomic E-state index is 0.206. The smallest absolute Gasteiger partial charge is 0.339 e. The van der Waals surface area contributed by atoms with E-state index in [0.29, 0.717) is 31.7 Å². The summed E-state index contributed by atoms with van der Waals surface area (Å²) >= 11 is 1.69. The van der Waals surface area contributed by atoms with Crippen LogP contribution in [0.15, 0.2) is 0 Å². The van der Waals surface area contributed by atoms with Gasteiger partial charge in [-0.3, -0.25) is 4.79 Å². The predicted molar refractivity (Wildman–Crippen MR) is 163 cm³/mol. The Balaban J connectivity index is 1.57. The highest BCUT2D eigenvalue weighted by atomic mass is 32.1. The largest absolute Gasteiger partial charge is 0.462 e. The van der Waals surface area contributed by atoms with Gasteiger partial charge in [-0.15, -0.1) is 11.3 Å². The predicted octanol–water partition coefficient (Wildman–Crippen LogP) is 7.11. The van der Waals surface area contributed by atoms with E-state index in [9.17, 15) is 9.59 Å². The summed E-state index contributed by atoms with van der Waals surface area (Å²) in [5, 5.41) is 3.40. The van der Waals surface area contributed by atoms with Gasteiger partial charge in [0.2, 0.25) is 0 Å². The number of carbonyl (C=O) groups is 2. The Kier molecular flexibility index (Phi) is 18.7. The second-order valence-corrected chi connectivity index (χ2v) is 12.5. The second kappa shape index (κ2) is 21.5. The van der Waals surface area contributed by atoms with Gasteiger partial charge in [-0.2, -0.15) is 0 Å². The summed E-state index contributed by atoms with van der Waals surface area (Å²) in [6.07, 6.45) is 18.3. The Morgan fingerprint density at radius 3 is 2.21 bits per heavy atom. The zero-order valence-electron chi connectivity index (χ0n) is 25.3. The Labute approximate surface area is 242 Å². The van der Waals surface area contributed by atoms with Crippen molar-refractivity contribution in [2.75, 3.05) is 47.0 Å². The normalized spacial score (nSPS) is 13.1. The number of fused-ring (bicyclic) bond motifs is 1. The van der Waals surface area contributed by atoms with Gasteiger partial charge in [0.05, 0.1) is 12.2 Å². The maximum atomic E-state index is 13.0. The highest BCUT2D eigenvalue weighted by Gasteiger charge is 2.26. The molecule has 1 N–H and O–H groups in total.